The number of aryl methyl sites for hydroxylation is 1. The minimum Gasteiger partial charge on any atom is -0.485 e. The zero-order valence-corrected chi connectivity index (χ0v) is 17.9. The Balaban J connectivity index is 1.18. The van der Waals surface area contributed by atoms with Crippen molar-refractivity contribution in [2.45, 2.75) is 19.4 Å². The van der Waals surface area contributed by atoms with E-state index in [9.17, 15) is 9.59 Å². The maximum atomic E-state index is 12.8. The van der Waals surface area contributed by atoms with Gasteiger partial charge in [0, 0.05) is 32.7 Å². The molecule has 1 saturated heterocycles. The van der Waals surface area contributed by atoms with Crippen molar-refractivity contribution in [3.63, 3.8) is 0 Å². The van der Waals surface area contributed by atoms with Crippen LogP contribution in [-0.4, -0.2) is 73.6 Å². The first-order chi connectivity index (χ1) is 15.1. The summed E-state index contributed by atoms with van der Waals surface area (Å²) in [4.78, 5) is 29.0. The first-order valence-electron chi connectivity index (χ1n) is 10.8. The van der Waals surface area contributed by atoms with Crippen molar-refractivity contribution in [1.82, 2.24) is 15.1 Å². The Morgan fingerprint density at radius 2 is 1.71 bits per heavy atom. The minimum atomic E-state index is -0.619. The Bertz CT molecular complexity index is 925. The van der Waals surface area contributed by atoms with Gasteiger partial charge in [0.05, 0.1) is 6.54 Å². The standard InChI is InChI=1S/C24H29N3O4/c1-18-6-2-3-7-19(18)10-11-25-23(28)16-26-12-14-27(15-13-26)24(29)22-17-30-20-8-4-5-9-21(20)31-22/h2-9,22H,10-17H2,1H3,(H,25,28)/t22-/m0/s1. The fraction of sp³-hybridized carbons (Fsp3) is 0.417. The number of hydrogen-bond donors (Lipinski definition) is 1. The second-order valence-corrected chi connectivity index (χ2v) is 7.99. The van der Waals surface area contributed by atoms with E-state index in [4.69, 9.17) is 9.47 Å². The summed E-state index contributed by atoms with van der Waals surface area (Å²) in [6.07, 6.45) is 0.207. The zero-order valence-electron chi connectivity index (χ0n) is 17.9. The number of hydrogen-bond acceptors (Lipinski definition) is 5. The van der Waals surface area contributed by atoms with Crippen LogP contribution in [0, 0.1) is 6.92 Å². The van der Waals surface area contributed by atoms with Crippen LogP contribution >= 0.6 is 0 Å². The average Bonchev–Trinajstić information content (AvgIpc) is 2.80. The van der Waals surface area contributed by atoms with Crippen LogP contribution < -0.4 is 14.8 Å². The predicted octanol–water partition coefficient (Wildman–Crippen LogP) is 1.64. The van der Waals surface area contributed by atoms with E-state index in [0.717, 1.165) is 6.42 Å². The van der Waals surface area contributed by atoms with E-state index in [1.54, 1.807) is 4.90 Å². The van der Waals surface area contributed by atoms with Crippen molar-refractivity contribution in [2.75, 3.05) is 45.9 Å². The van der Waals surface area contributed by atoms with Crippen molar-refractivity contribution in [3.8, 4) is 11.5 Å². The highest BCUT2D eigenvalue weighted by Crippen LogP contribution is 2.31. The van der Waals surface area contributed by atoms with Crippen LogP contribution in [-0.2, 0) is 16.0 Å². The number of carbonyl (C=O) groups excluding carboxylic acids is 2. The van der Waals surface area contributed by atoms with E-state index in [0.29, 0.717) is 50.8 Å². The van der Waals surface area contributed by atoms with Crippen LogP contribution in [0.2, 0.25) is 0 Å². The molecule has 0 aromatic heterocycles. The minimum absolute atomic E-state index is 0.0222. The third kappa shape index (κ3) is 5.35. The predicted molar refractivity (Wildman–Crippen MR) is 117 cm³/mol. The molecule has 0 spiro atoms. The summed E-state index contributed by atoms with van der Waals surface area (Å²) in [7, 11) is 0. The number of piperazine rings is 1. The number of ether oxygens (including phenoxy) is 2. The fourth-order valence-corrected chi connectivity index (χ4v) is 3.96. The lowest BCUT2D eigenvalue weighted by Crippen LogP contribution is -2.55. The summed E-state index contributed by atoms with van der Waals surface area (Å²) in [6, 6.07) is 15.6. The van der Waals surface area contributed by atoms with Gasteiger partial charge in [0.25, 0.3) is 5.91 Å². The van der Waals surface area contributed by atoms with E-state index in [1.807, 2.05) is 36.4 Å². The van der Waals surface area contributed by atoms with E-state index in [1.165, 1.54) is 11.1 Å². The molecule has 7 nitrogen and oxygen atoms in total. The highest BCUT2D eigenvalue weighted by molar-refractivity contribution is 5.82. The number of nitrogens with one attached hydrogen (secondary N) is 1. The summed E-state index contributed by atoms with van der Waals surface area (Å²) in [5.41, 5.74) is 2.50. The van der Waals surface area contributed by atoms with E-state index >= 15 is 0 Å². The Kier molecular flexibility index (Phi) is 6.72. The number of nitrogens with zero attached hydrogens (tertiary/aromatic N) is 2. The van der Waals surface area contributed by atoms with Gasteiger partial charge >= 0.3 is 0 Å². The Morgan fingerprint density at radius 1 is 1.00 bits per heavy atom. The van der Waals surface area contributed by atoms with Gasteiger partial charge in [0.1, 0.15) is 6.61 Å². The molecule has 1 atom stereocenters. The van der Waals surface area contributed by atoms with Gasteiger partial charge in [-0.1, -0.05) is 36.4 Å². The smallest absolute Gasteiger partial charge is 0.267 e. The van der Waals surface area contributed by atoms with Gasteiger partial charge in [-0.2, -0.15) is 0 Å². The molecule has 4 rings (SSSR count). The number of fused-ring (bicyclic) bond motifs is 1. The summed E-state index contributed by atoms with van der Waals surface area (Å²) >= 11 is 0. The van der Waals surface area contributed by atoms with Crippen LogP contribution in [0.5, 0.6) is 11.5 Å². The van der Waals surface area contributed by atoms with Crippen molar-refractivity contribution in [2.24, 2.45) is 0 Å². The second-order valence-electron chi connectivity index (χ2n) is 7.99. The molecule has 0 unspecified atom stereocenters. The summed E-state index contributed by atoms with van der Waals surface area (Å²) in [5.74, 6) is 1.24. The van der Waals surface area contributed by atoms with Gasteiger partial charge in [-0.05, 0) is 36.6 Å². The SMILES string of the molecule is Cc1ccccc1CCNC(=O)CN1CCN(C(=O)[C@@H]2COc3ccccc3O2)CC1. The monoisotopic (exact) mass is 423 g/mol. The molecule has 0 aliphatic carbocycles. The molecule has 7 heteroatoms. The quantitative estimate of drug-likeness (QED) is 0.765. The van der Waals surface area contributed by atoms with Gasteiger partial charge in [-0.3, -0.25) is 14.5 Å². The Hall–Kier alpha value is -3.06. The molecular weight excluding hydrogens is 394 g/mol. The second kappa shape index (κ2) is 9.83. The molecule has 2 amide bonds. The number of benzene rings is 2. The molecule has 1 fully saturated rings. The molecule has 2 heterocycles. The van der Waals surface area contributed by atoms with E-state index < -0.39 is 6.10 Å². The highest BCUT2D eigenvalue weighted by atomic mass is 16.6. The number of amides is 2. The van der Waals surface area contributed by atoms with Gasteiger partial charge in [0.15, 0.2) is 11.5 Å². The number of rotatable bonds is 6. The largest absolute Gasteiger partial charge is 0.485 e. The van der Waals surface area contributed by atoms with Crippen LogP contribution in [0.3, 0.4) is 0 Å². The van der Waals surface area contributed by atoms with Gasteiger partial charge in [-0.25, -0.2) is 0 Å². The van der Waals surface area contributed by atoms with Crippen LogP contribution in [0.1, 0.15) is 11.1 Å². The molecule has 1 N–H and O–H groups in total. The summed E-state index contributed by atoms with van der Waals surface area (Å²) in [6.45, 7) is 5.78. The third-order valence-electron chi connectivity index (χ3n) is 5.81. The van der Waals surface area contributed by atoms with Crippen LogP contribution in [0.25, 0.3) is 0 Å². The van der Waals surface area contributed by atoms with Gasteiger partial charge < -0.3 is 19.7 Å². The molecular formula is C24H29N3O4. The fourth-order valence-electron chi connectivity index (χ4n) is 3.96. The molecule has 164 valence electrons. The van der Waals surface area contributed by atoms with Crippen molar-refractivity contribution >= 4 is 11.8 Å². The molecule has 2 aliphatic heterocycles. The molecule has 2 aromatic carbocycles. The highest BCUT2D eigenvalue weighted by Gasteiger charge is 2.32. The average molecular weight is 424 g/mol. The molecule has 0 saturated carbocycles. The Labute approximate surface area is 182 Å². The first kappa shape index (κ1) is 21.2. The summed E-state index contributed by atoms with van der Waals surface area (Å²) < 4.78 is 11.5. The zero-order chi connectivity index (χ0) is 21.6. The van der Waals surface area contributed by atoms with Crippen LogP contribution in [0.4, 0.5) is 0 Å². The van der Waals surface area contributed by atoms with Gasteiger partial charge in [-0.15, -0.1) is 0 Å². The van der Waals surface area contributed by atoms with Crippen molar-refractivity contribution < 1.29 is 19.1 Å². The first-order valence-corrected chi connectivity index (χ1v) is 10.8. The van der Waals surface area contributed by atoms with Gasteiger partial charge in [0.2, 0.25) is 12.0 Å². The van der Waals surface area contributed by atoms with Crippen molar-refractivity contribution in [3.05, 3.63) is 59.7 Å². The lowest BCUT2D eigenvalue weighted by molar-refractivity contribution is -0.143. The molecule has 31 heavy (non-hydrogen) atoms. The lowest BCUT2D eigenvalue weighted by atomic mass is 10.1. The third-order valence-corrected chi connectivity index (χ3v) is 5.81. The van der Waals surface area contributed by atoms with Crippen LogP contribution in [0.15, 0.2) is 48.5 Å². The number of carbonyl (C=O) groups is 2. The lowest BCUT2D eigenvalue weighted by Gasteiger charge is -2.36. The topological polar surface area (TPSA) is 71.1 Å². The molecule has 0 radical (unpaired) electrons. The number of para-hydroxylation sites is 2. The summed E-state index contributed by atoms with van der Waals surface area (Å²) in [5, 5.41) is 3.00. The van der Waals surface area contributed by atoms with Crippen molar-refractivity contribution in [1.29, 1.82) is 0 Å². The molecule has 0 bridgehead atoms. The molecule has 2 aromatic rings. The maximum Gasteiger partial charge on any atom is 0.267 e. The molecule has 2 aliphatic rings. The van der Waals surface area contributed by atoms with E-state index in [-0.39, 0.29) is 18.4 Å². The Morgan fingerprint density at radius 3 is 2.48 bits per heavy atom. The van der Waals surface area contributed by atoms with E-state index in [2.05, 4.69) is 29.3 Å². The maximum absolute atomic E-state index is 12.8. The normalized spacial score (nSPS) is 18.5.